The number of amides is 1. The van der Waals surface area contributed by atoms with Crippen LogP contribution >= 0.6 is 0 Å². The second kappa shape index (κ2) is 9.48. The molecule has 0 unspecified atom stereocenters. The van der Waals surface area contributed by atoms with Gasteiger partial charge in [0.15, 0.2) is 0 Å². The minimum atomic E-state index is 0.0126. The summed E-state index contributed by atoms with van der Waals surface area (Å²) in [5.41, 5.74) is 3.20. The van der Waals surface area contributed by atoms with E-state index in [0.717, 1.165) is 22.9 Å². The van der Waals surface area contributed by atoms with E-state index in [1.165, 1.54) is 18.5 Å². The molecular weight excluding hydrogens is 378 g/mol. The molecule has 3 aromatic rings. The van der Waals surface area contributed by atoms with Crippen molar-refractivity contribution in [2.45, 2.75) is 31.6 Å². The van der Waals surface area contributed by atoms with Gasteiger partial charge in [-0.3, -0.25) is 4.79 Å². The number of hydrogen-bond donors (Lipinski definition) is 1. The number of benzene rings is 2. The molecule has 6 heteroatoms. The molecule has 1 saturated carbocycles. The van der Waals surface area contributed by atoms with Crippen LogP contribution in [0.4, 0.5) is 0 Å². The Morgan fingerprint density at radius 2 is 1.87 bits per heavy atom. The normalized spacial score (nSPS) is 13.1. The van der Waals surface area contributed by atoms with Gasteiger partial charge in [-0.2, -0.15) is 5.10 Å². The summed E-state index contributed by atoms with van der Waals surface area (Å²) >= 11 is 0. The number of methoxy groups -OCH3 is 1. The van der Waals surface area contributed by atoms with Gasteiger partial charge in [0.1, 0.15) is 18.1 Å². The van der Waals surface area contributed by atoms with Crippen LogP contribution < -0.4 is 14.8 Å². The summed E-state index contributed by atoms with van der Waals surface area (Å²) in [6, 6.07) is 19.7. The first-order chi connectivity index (χ1) is 14.7. The molecule has 2 aromatic carbocycles. The predicted octanol–water partition coefficient (Wildman–Crippen LogP) is 3.89. The number of ether oxygens (including phenoxy) is 2. The van der Waals surface area contributed by atoms with Gasteiger partial charge in [0.25, 0.3) is 0 Å². The monoisotopic (exact) mass is 405 g/mol. The van der Waals surface area contributed by atoms with Crippen LogP contribution in [0.5, 0.6) is 11.5 Å². The molecule has 0 bridgehead atoms. The summed E-state index contributed by atoms with van der Waals surface area (Å²) in [6.07, 6.45) is 3.43. The molecule has 6 nitrogen and oxygen atoms in total. The van der Waals surface area contributed by atoms with E-state index in [1.54, 1.807) is 7.11 Å². The maximum absolute atomic E-state index is 12.2. The summed E-state index contributed by atoms with van der Waals surface area (Å²) in [4.78, 5) is 12.2. The van der Waals surface area contributed by atoms with E-state index < -0.39 is 0 Å². The molecule has 0 spiro atoms. The van der Waals surface area contributed by atoms with Crippen molar-refractivity contribution in [3.63, 3.8) is 0 Å². The maximum Gasteiger partial charge on any atom is 0.220 e. The molecule has 1 aromatic heterocycles. The van der Waals surface area contributed by atoms with E-state index in [4.69, 9.17) is 14.6 Å². The van der Waals surface area contributed by atoms with Gasteiger partial charge in [0.2, 0.25) is 5.91 Å². The molecule has 30 heavy (non-hydrogen) atoms. The fourth-order valence-electron chi connectivity index (χ4n) is 3.38. The summed E-state index contributed by atoms with van der Waals surface area (Å²) in [5, 5.41) is 7.69. The zero-order valence-electron chi connectivity index (χ0n) is 17.2. The summed E-state index contributed by atoms with van der Waals surface area (Å²) in [5.74, 6) is 2.21. The van der Waals surface area contributed by atoms with Crippen molar-refractivity contribution in [1.82, 2.24) is 15.1 Å². The molecule has 4 rings (SSSR count). The van der Waals surface area contributed by atoms with Crippen molar-refractivity contribution in [3.8, 4) is 17.2 Å². The zero-order chi connectivity index (χ0) is 20.8. The van der Waals surface area contributed by atoms with Crippen molar-refractivity contribution in [3.05, 3.63) is 72.1 Å². The third kappa shape index (κ3) is 5.20. The van der Waals surface area contributed by atoms with Gasteiger partial charge in [-0.25, -0.2) is 4.68 Å². The third-order valence-electron chi connectivity index (χ3n) is 5.14. The first kappa shape index (κ1) is 20.0. The quantitative estimate of drug-likeness (QED) is 0.520. The van der Waals surface area contributed by atoms with E-state index in [0.29, 0.717) is 31.9 Å². The Hall–Kier alpha value is -3.28. The number of carbonyl (C=O) groups excluding carboxylic acids is 1. The van der Waals surface area contributed by atoms with Crippen LogP contribution in [-0.4, -0.2) is 35.9 Å². The van der Waals surface area contributed by atoms with Crippen LogP contribution in [0, 0.1) is 0 Å². The highest BCUT2D eigenvalue weighted by Crippen LogP contribution is 2.41. The van der Waals surface area contributed by atoms with E-state index in [9.17, 15) is 4.79 Å². The van der Waals surface area contributed by atoms with Gasteiger partial charge in [-0.05, 0) is 55.3 Å². The Labute approximate surface area is 176 Å². The number of para-hydroxylation sites is 1. The van der Waals surface area contributed by atoms with Crippen molar-refractivity contribution < 1.29 is 14.3 Å². The fourth-order valence-corrected chi connectivity index (χ4v) is 3.38. The predicted molar refractivity (Wildman–Crippen MR) is 115 cm³/mol. The Kier molecular flexibility index (Phi) is 6.32. The van der Waals surface area contributed by atoms with Gasteiger partial charge in [0, 0.05) is 24.5 Å². The van der Waals surface area contributed by atoms with Crippen LogP contribution in [0.25, 0.3) is 5.69 Å². The Morgan fingerprint density at radius 1 is 1.10 bits per heavy atom. The fraction of sp³-hybridized carbons (Fsp3) is 0.333. The number of aromatic nitrogens is 2. The molecule has 0 radical (unpaired) electrons. The van der Waals surface area contributed by atoms with Crippen molar-refractivity contribution in [2.24, 2.45) is 0 Å². The molecule has 1 aliphatic rings. The minimum Gasteiger partial charge on any atom is -0.497 e. The zero-order valence-corrected chi connectivity index (χ0v) is 17.2. The second-order valence-corrected chi connectivity index (χ2v) is 7.46. The molecule has 1 N–H and O–H groups in total. The van der Waals surface area contributed by atoms with Crippen molar-refractivity contribution in [2.75, 3.05) is 20.3 Å². The lowest BCUT2D eigenvalue weighted by molar-refractivity contribution is -0.121. The van der Waals surface area contributed by atoms with Crippen LogP contribution in [0.3, 0.4) is 0 Å². The molecule has 156 valence electrons. The largest absolute Gasteiger partial charge is 0.497 e. The average molecular weight is 405 g/mol. The first-order valence-electron chi connectivity index (χ1n) is 10.4. The molecular formula is C24H27N3O3. The Balaban J connectivity index is 1.29. The lowest BCUT2D eigenvalue weighted by Crippen LogP contribution is -2.28. The molecule has 1 fully saturated rings. The number of rotatable bonds is 10. The molecule has 0 aliphatic heterocycles. The highest BCUT2D eigenvalue weighted by Gasteiger charge is 2.28. The van der Waals surface area contributed by atoms with E-state index >= 15 is 0 Å². The Bertz CT molecular complexity index is 963. The average Bonchev–Trinajstić information content (AvgIpc) is 3.55. The summed E-state index contributed by atoms with van der Waals surface area (Å²) in [7, 11) is 1.66. The maximum atomic E-state index is 12.2. The van der Waals surface area contributed by atoms with E-state index in [-0.39, 0.29) is 5.91 Å². The van der Waals surface area contributed by atoms with E-state index in [2.05, 4.69) is 11.4 Å². The molecule has 0 saturated heterocycles. The van der Waals surface area contributed by atoms with Crippen LogP contribution in [0.2, 0.25) is 0 Å². The number of carbonyl (C=O) groups is 1. The first-order valence-corrected chi connectivity index (χ1v) is 10.4. The number of nitrogens with zero attached hydrogens (tertiary/aromatic N) is 2. The van der Waals surface area contributed by atoms with Gasteiger partial charge in [-0.1, -0.05) is 18.2 Å². The smallest absolute Gasteiger partial charge is 0.220 e. The highest BCUT2D eigenvalue weighted by molar-refractivity contribution is 5.76. The lowest BCUT2D eigenvalue weighted by atomic mass is 10.2. The van der Waals surface area contributed by atoms with Crippen LogP contribution in [0.1, 0.15) is 36.6 Å². The highest BCUT2D eigenvalue weighted by atomic mass is 16.5. The molecule has 1 heterocycles. The van der Waals surface area contributed by atoms with Gasteiger partial charge < -0.3 is 14.8 Å². The third-order valence-corrected chi connectivity index (χ3v) is 5.14. The standard InChI is InChI=1S/C24H27N3O3/c1-29-21-12-10-20(11-13-21)27-23(18-7-8-18)17-19(26-27)9-14-24(28)25-15-16-30-22-5-3-2-4-6-22/h2-6,10-13,17-18H,7-9,14-16H2,1H3,(H,25,28). The number of nitrogens with one attached hydrogen (secondary N) is 1. The molecule has 1 amide bonds. The van der Waals surface area contributed by atoms with Gasteiger partial charge >= 0.3 is 0 Å². The van der Waals surface area contributed by atoms with Crippen LogP contribution in [-0.2, 0) is 11.2 Å². The SMILES string of the molecule is COc1ccc(-n2nc(CCC(=O)NCCOc3ccccc3)cc2C2CC2)cc1. The van der Waals surface area contributed by atoms with Crippen molar-refractivity contribution in [1.29, 1.82) is 0 Å². The molecule has 1 aliphatic carbocycles. The van der Waals surface area contributed by atoms with Crippen LogP contribution in [0.15, 0.2) is 60.7 Å². The number of hydrogen-bond acceptors (Lipinski definition) is 4. The molecule has 0 atom stereocenters. The minimum absolute atomic E-state index is 0.0126. The van der Waals surface area contributed by atoms with Gasteiger partial charge in [0.05, 0.1) is 25.0 Å². The summed E-state index contributed by atoms with van der Waals surface area (Å²) < 4.78 is 12.9. The van der Waals surface area contributed by atoms with Crippen molar-refractivity contribution >= 4 is 5.91 Å². The lowest BCUT2D eigenvalue weighted by Gasteiger charge is -2.08. The number of aryl methyl sites for hydroxylation is 1. The van der Waals surface area contributed by atoms with E-state index in [1.807, 2.05) is 59.3 Å². The second-order valence-electron chi connectivity index (χ2n) is 7.46. The topological polar surface area (TPSA) is 65.4 Å². The Morgan fingerprint density at radius 3 is 2.57 bits per heavy atom. The summed E-state index contributed by atoms with van der Waals surface area (Å²) in [6.45, 7) is 0.940. The van der Waals surface area contributed by atoms with Gasteiger partial charge in [-0.15, -0.1) is 0 Å².